The molecule has 6 rings (SSSR count). The Morgan fingerprint density at radius 1 is 0.382 bits per heavy atom. The van der Waals surface area contributed by atoms with E-state index in [0.29, 0.717) is 88.2 Å². The van der Waals surface area contributed by atoms with Crippen LogP contribution in [0.1, 0.15) is 226 Å². The van der Waals surface area contributed by atoms with Crippen LogP contribution in [0.3, 0.4) is 0 Å². The normalized spacial score (nSPS) is 21.5. The largest absolute Gasteiger partial charge is 0.463 e. The van der Waals surface area contributed by atoms with E-state index in [1.165, 1.54) is 31.7 Å². The number of hydrogen-bond acceptors (Lipinski definition) is 37. The Labute approximate surface area is 830 Å². The molecule has 45 nitrogen and oxygen atoms in total. The smallest absolute Gasteiger partial charge is 0.311 e. The van der Waals surface area contributed by atoms with Crippen molar-refractivity contribution in [3.8, 4) is 5.75 Å². The predicted molar refractivity (Wildman–Crippen MR) is 487 cm³/mol. The number of carbonyl (C=O) groups is 18. The van der Waals surface area contributed by atoms with Crippen LogP contribution in [0, 0.1) is 30.2 Å². The number of hydrogen-bond donors (Lipinski definition) is 7. The second kappa shape index (κ2) is 62.8. The van der Waals surface area contributed by atoms with Crippen molar-refractivity contribution in [2.24, 2.45) is 0 Å². The first-order valence-corrected chi connectivity index (χ1v) is 47.7. The maximum atomic E-state index is 14.9. The van der Waals surface area contributed by atoms with Gasteiger partial charge < -0.3 is 132 Å². The lowest BCUT2D eigenvalue weighted by molar-refractivity contribution is -0.277. The van der Waals surface area contributed by atoms with Crippen LogP contribution in [0.4, 0.5) is 17.6 Å². The highest BCUT2D eigenvalue weighted by atomic mass is 19.2. The zero-order valence-corrected chi connectivity index (χ0v) is 83.4. The third-order valence-electron chi connectivity index (χ3n) is 22.4. The van der Waals surface area contributed by atoms with Gasteiger partial charge in [0.15, 0.2) is 67.1 Å². The molecule has 0 bridgehead atoms. The van der Waals surface area contributed by atoms with Gasteiger partial charge in [0.25, 0.3) is 5.91 Å². The van der Waals surface area contributed by atoms with Crippen LogP contribution in [-0.2, 0) is 180 Å². The van der Waals surface area contributed by atoms with Gasteiger partial charge in [-0.25, -0.2) is 8.78 Å². The molecule has 0 aromatic heterocycles. The van der Waals surface area contributed by atoms with Crippen molar-refractivity contribution in [2.45, 2.75) is 316 Å². The summed E-state index contributed by atoms with van der Waals surface area (Å²) < 4.78 is 166. The molecule has 0 saturated carbocycles. The molecule has 3 fully saturated rings. The fourth-order valence-electron chi connectivity index (χ4n) is 15.9. The first-order chi connectivity index (χ1) is 68.4. The van der Waals surface area contributed by atoms with Gasteiger partial charge >= 0.3 is 59.7 Å². The topological polar surface area (TPSA) is 570 Å². The van der Waals surface area contributed by atoms with Crippen LogP contribution in [0.15, 0.2) is 18.2 Å². The van der Waals surface area contributed by atoms with Gasteiger partial charge in [-0.05, 0) is 81.5 Å². The highest BCUT2D eigenvalue weighted by Crippen LogP contribution is 2.35. The number of halogens is 4. The molecule has 2 aromatic carbocycles. The van der Waals surface area contributed by atoms with Gasteiger partial charge in [-0.2, -0.15) is 8.78 Å². The average molecular weight is 2060 g/mol. The first kappa shape index (κ1) is 121. The highest BCUT2D eigenvalue weighted by molar-refractivity contribution is 5.95. The van der Waals surface area contributed by atoms with Crippen molar-refractivity contribution in [1.82, 2.24) is 42.1 Å². The Morgan fingerprint density at radius 3 is 1.04 bits per heavy atom. The van der Waals surface area contributed by atoms with E-state index in [1.807, 2.05) is 0 Å². The number of amides is 8. The molecule has 2 aromatic rings. The second-order valence-corrected chi connectivity index (χ2v) is 34.8. The minimum Gasteiger partial charge on any atom is -0.463 e. The van der Waals surface area contributed by atoms with E-state index in [2.05, 4.69) is 42.0 Å². The van der Waals surface area contributed by atoms with Crippen LogP contribution in [-0.4, -0.2) is 315 Å². The van der Waals surface area contributed by atoms with Crippen molar-refractivity contribution < 1.29 is 194 Å². The summed E-state index contributed by atoms with van der Waals surface area (Å²) in [5, 5.41) is 19.5. The summed E-state index contributed by atoms with van der Waals surface area (Å²) >= 11 is 0. The SMILES string of the molecule is CC(=O)NC1C(OCCCCCCNC(=O)CCOCC(COCCC(=O)NCCCCCCOC2OC(COC(C)=O)C(OC(C)=O)C(OC(C)=O)C2NC(C)=O)(COCCC(=O)NCCCCCCOC2OC(COC(C)=O)C(OC(C)=O)C(OC(C)=O)C2NC(C)=O)NC(=O)c2ccc3c(c2)CCN(C(=O)CCCC(=O)Oc2c(F)c(F)c(C)c(F)c2F)C3)OC(COC(C)=O)C(OC(C)=O)C1OC(C)=O. The van der Waals surface area contributed by atoms with Gasteiger partial charge in [-0.1, -0.05) is 44.6 Å². The number of ether oxygens (including phenoxy) is 19. The molecule has 0 spiro atoms. The van der Waals surface area contributed by atoms with E-state index in [0.717, 1.165) is 69.2 Å². The van der Waals surface area contributed by atoms with Crippen molar-refractivity contribution in [3.05, 3.63) is 63.7 Å². The lowest BCUT2D eigenvalue weighted by Gasteiger charge is -2.44. The van der Waals surface area contributed by atoms with E-state index in [1.54, 1.807) is 12.1 Å². The second-order valence-electron chi connectivity index (χ2n) is 34.8. The number of nitrogens with zero attached hydrogens (tertiary/aromatic N) is 1. The number of nitrogens with one attached hydrogen (secondary N) is 7. The molecule has 4 aliphatic rings. The van der Waals surface area contributed by atoms with Crippen LogP contribution in [0.5, 0.6) is 5.75 Å². The number of esters is 10. The fraction of sp³-hybridized carbons (Fsp3) is 0.684. The first-order valence-electron chi connectivity index (χ1n) is 47.7. The summed E-state index contributed by atoms with van der Waals surface area (Å²) in [6.07, 6.45) is -10.5. The Morgan fingerprint density at radius 2 is 0.715 bits per heavy atom. The van der Waals surface area contributed by atoms with Crippen molar-refractivity contribution in [1.29, 1.82) is 0 Å². The molecule has 7 N–H and O–H groups in total. The zero-order valence-electron chi connectivity index (χ0n) is 83.4. The van der Waals surface area contributed by atoms with E-state index in [4.69, 9.17) is 85.3 Å². The van der Waals surface area contributed by atoms with E-state index < -0.39 is 285 Å². The minimum absolute atomic E-state index is 0.0483. The molecule has 4 aliphatic heterocycles. The summed E-state index contributed by atoms with van der Waals surface area (Å²) in [7, 11) is 0. The monoisotopic (exact) mass is 2060 g/mol. The molecule has 49 heteroatoms. The van der Waals surface area contributed by atoms with Gasteiger partial charge in [0, 0.05) is 179 Å². The number of carbonyl (C=O) groups excluding carboxylic acids is 18. The maximum absolute atomic E-state index is 14.9. The molecule has 0 radical (unpaired) electrons. The lowest BCUT2D eigenvalue weighted by Crippen LogP contribution is -2.66. The molecule has 15 unspecified atom stereocenters. The lowest BCUT2D eigenvalue weighted by atomic mass is 9.95. The minimum atomic E-state index is -1.90. The van der Waals surface area contributed by atoms with Gasteiger partial charge in [-0.15, -0.1) is 0 Å². The summed E-state index contributed by atoms with van der Waals surface area (Å²) in [6, 6.07) is 1.21. The quantitative estimate of drug-likeness (QED) is 0.0123. The van der Waals surface area contributed by atoms with Gasteiger partial charge in [-0.3, -0.25) is 86.3 Å². The third-order valence-corrected chi connectivity index (χ3v) is 22.4. The standard InChI is InChI=1S/C95H136F4N8O37/c1-53-77(96)79(98)87(80(99)78(53)97)144-76(124)28-26-27-75(123)107-38-31-66-45-67(29-30-68(66)46-107)91(125)106-95(50-126-42-32-72(120)100-35-20-14-17-23-39-129-92-81(103-54(2)108)88(138-63(11)117)84(135-60(8)114)69(141-92)47-132-57(5)111,51-127-43-33-73(121)101-36-21-15-18-24-40-130-93-82(104-55(3)109)89(139-64(12)118)85(136-61(9)115)70(142-93)48-133-58(6)112)52-128-44-34-74(122)102-37-22-16-19-25-41-131-94-83(105-56(4)110)90(140-65(13)119)86(137-62(10)116)71(143-94)49-134-59(7)113/h29-30,45,69-71,81-86,88-90,92-94H,14-28,31-44,46-52H2,1-13H3,(H,100,120)(H,101,121)(H,102,122)(H,103,108)(H,104,109)(H,105,110)(H,106,125). The Hall–Kier alpha value is -11.7. The Kier molecular flexibility index (Phi) is 52.8. The van der Waals surface area contributed by atoms with Crippen LogP contribution in [0.25, 0.3) is 0 Å². The molecular weight excluding hydrogens is 1920 g/mol. The van der Waals surface area contributed by atoms with Crippen molar-refractivity contribution in [2.75, 3.05) is 105 Å². The van der Waals surface area contributed by atoms with Crippen molar-refractivity contribution in [3.63, 3.8) is 0 Å². The highest BCUT2D eigenvalue weighted by Gasteiger charge is 2.55. The zero-order chi connectivity index (χ0) is 106. The summed E-state index contributed by atoms with van der Waals surface area (Å²) in [4.78, 5) is 230. The average Bonchev–Trinajstić information content (AvgIpc) is 0.796. The molecule has 144 heavy (non-hydrogen) atoms. The molecule has 4 heterocycles. The number of benzene rings is 2. The summed E-state index contributed by atoms with van der Waals surface area (Å²) in [6.45, 7) is 12.4. The molecule has 15 atom stereocenters. The van der Waals surface area contributed by atoms with Gasteiger partial charge in [0.05, 0.1) is 39.6 Å². The van der Waals surface area contributed by atoms with E-state index in [-0.39, 0.29) is 116 Å². The Bertz CT molecular complexity index is 4330. The summed E-state index contributed by atoms with van der Waals surface area (Å²) in [5.74, 6) is -20.9. The molecule has 8 amide bonds. The third kappa shape index (κ3) is 42.9. The van der Waals surface area contributed by atoms with Crippen LogP contribution >= 0.6 is 0 Å². The molecule has 806 valence electrons. The van der Waals surface area contributed by atoms with Crippen LogP contribution < -0.4 is 42.0 Å². The van der Waals surface area contributed by atoms with Crippen LogP contribution in [0.2, 0.25) is 0 Å². The van der Waals surface area contributed by atoms with Crippen molar-refractivity contribution >= 4 is 107 Å². The molecule has 3 saturated heterocycles. The molecular formula is C95H136F4N8O37. The van der Waals surface area contributed by atoms with Gasteiger partial charge in [0.1, 0.15) is 61.8 Å². The molecule has 0 aliphatic carbocycles. The van der Waals surface area contributed by atoms with E-state index in [9.17, 15) is 104 Å². The Balaban J connectivity index is 1.13. The van der Waals surface area contributed by atoms with Gasteiger partial charge in [0.2, 0.25) is 58.7 Å². The van der Waals surface area contributed by atoms with E-state index >= 15 is 0 Å². The number of rotatable bonds is 61. The fourth-order valence-corrected chi connectivity index (χ4v) is 15.9. The number of fused-ring (bicyclic) bond motifs is 1. The predicted octanol–water partition coefficient (Wildman–Crippen LogP) is 3.95. The maximum Gasteiger partial charge on any atom is 0.311 e. The number of unbranched alkanes of at least 4 members (excludes halogenated alkanes) is 9. The summed E-state index contributed by atoms with van der Waals surface area (Å²) in [5.41, 5.74) is -1.22.